The highest BCUT2D eigenvalue weighted by atomic mass is 16.6. The Balaban J connectivity index is 1.78. The van der Waals surface area contributed by atoms with E-state index < -0.39 is 0 Å². The van der Waals surface area contributed by atoms with Gasteiger partial charge in [-0.2, -0.15) is 9.90 Å². The topological polar surface area (TPSA) is 75.2 Å². The van der Waals surface area contributed by atoms with E-state index in [9.17, 15) is 0 Å². The van der Waals surface area contributed by atoms with Gasteiger partial charge in [-0.1, -0.05) is 0 Å². The molecule has 1 unspecified atom stereocenters. The van der Waals surface area contributed by atoms with Gasteiger partial charge in [0, 0.05) is 6.61 Å². The predicted octanol–water partition coefficient (Wildman–Crippen LogP) is -0.377. The van der Waals surface area contributed by atoms with Gasteiger partial charge < -0.3 is 15.2 Å². The second kappa shape index (κ2) is 3.71. The maximum absolute atomic E-state index is 5.46. The lowest BCUT2D eigenvalue weighted by atomic mass is 10.3. The van der Waals surface area contributed by atoms with Crippen molar-refractivity contribution in [3.05, 3.63) is 6.20 Å². The summed E-state index contributed by atoms with van der Waals surface area (Å²) in [6.45, 7) is 1.78. The van der Waals surface area contributed by atoms with Gasteiger partial charge in [0.2, 0.25) is 0 Å². The highest BCUT2D eigenvalue weighted by molar-refractivity contribution is 5.19. The van der Waals surface area contributed by atoms with Crippen LogP contribution in [0.5, 0.6) is 0 Å². The third-order valence-electron chi connectivity index (χ3n) is 1.87. The highest BCUT2D eigenvalue weighted by Gasteiger charge is 2.15. The number of aromatic nitrogens is 3. The molecule has 2 rings (SSSR count). The molecule has 0 saturated carbocycles. The summed E-state index contributed by atoms with van der Waals surface area (Å²) in [5, 5.41) is 7.78. The first-order valence-corrected chi connectivity index (χ1v) is 4.19. The molecular weight excluding hydrogens is 172 g/mol. The number of hydrogen-bond acceptors (Lipinski definition) is 5. The first kappa shape index (κ1) is 8.46. The van der Waals surface area contributed by atoms with E-state index in [4.69, 9.17) is 15.2 Å². The first-order valence-electron chi connectivity index (χ1n) is 4.19. The average Bonchev–Trinajstić information content (AvgIpc) is 2.71. The van der Waals surface area contributed by atoms with Gasteiger partial charge >= 0.3 is 0 Å². The second-order valence-corrected chi connectivity index (χ2v) is 2.92. The van der Waals surface area contributed by atoms with Crippen molar-refractivity contribution >= 4 is 5.82 Å². The third-order valence-corrected chi connectivity index (χ3v) is 1.87. The molecule has 0 aromatic carbocycles. The summed E-state index contributed by atoms with van der Waals surface area (Å²) in [6.07, 6.45) is 2.61. The van der Waals surface area contributed by atoms with E-state index in [1.807, 2.05) is 0 Å². The van der Waals surface area contributed by atoms with E-state index in [1.165, 1.54) is 11.0 Å². The molecule has 0 aliphatic carbocycles. The van der Waals surface area contributed by atoms with E-state index in [-0.39, 0.29) is 6.10 Å². The summed E-state index contributed by atoms with van der Waals surface area (Å²) in [4.78, 5) is 1.42. The lowest BCUT2D eigenvalue weighted by molar-refractivity contribution is -0.00951. The van der Waals surface area contributed by atoms with Gasteiger partial charge in [0.15, 0.2) is 12.5 Å². The molecule has 1 saturated heterocycles. The first-order chi connectivity index (χ1) is 6.34. The van der Waals surface area contributed by atoms with Gasteiger partial charge in [-0.25, -0.2) is 0 Å². The predicted molar refractivity (Wildman–Crippen MR) is 44.7 cm³/mol. The van der Waals surface area contributed by atoms with Crippen LogP contribution in [0.25, 0.3) is 0 Å². The van der Waals surface area contributed by atoms with Crippen molar-refractivity contribution < 1.29 is 9.47 Å². The van der Waals surface area contributed by atoms with Crippen LogP contribution in [0.4, 0.5) is 5.82 Å². The van der Waals surface area contributed by atoms with Crippen molar-refractivity contribution in [2.45, 2.75) is 19.3 Å². The Bertz CT molecular complexity index is 269. The fourth-order valence-corrected chi connectivity index (χ4v) is 1.19. The Morgan fingerprint density at radius 1 is 1.77 bits per heavy atom. The molecule has 2 N–H and O–H groups in total. The maximum Gasteiger partial charge on any atom is 0.166 e. The van der Waals surface area contributed by atoms with Gasteiger partial charge in [0.1, 0.15) is 0 Å². The van der Waals surface area contributed by atoms with Crippen LogP contribution in [0.3, 0.4) is 0 Å². The van der Waals surface area contributed by atoms with Crippen LogP contribution >= 0.6 is 0 Å². The summed E-state index contributed by atoms with van der Waals surface area (Å²) in [5.41, 5.74) is 5.39. The van der Waals surface area contributed by atoms with Crippen LogP contribution in [-0.2, 0) is 16.2 Å². The molecular formula is C7H12N4O2. The SMILES string of the molecule is Nc1cnn(COC2CCOC2)n1. The van der Waals surface area contributed by atoms with Crippen LogP contribution in [0.1, 0.15) is 6.42 Å². The van der Waals surface area contributed by atoms with E-state index >= 15 is 0 Å². The average molecular weight is 184 g/mol. The molecule has 0 bridgehead atoms. The van der Waals surface area contributed by atoms with E-state index in [0.717, 1.165) is 13.0 Å². The van der Waals surface area contributed by atoms with Crippen molar-refractivity contribution in [1.29, 1.82) is 0 Å². The van der Waals surface area contributed by atoms with Crippen LogP contribution < -0.4 is 5.73 Å². The molecule has 0 amide bonds. The molecule has 1 atom stereocenters. The van der Waals surface area contributed by atoms with Gasteiger partial charge in [-0.15, -0.1) is 5.10 Å². The Labute approximate surface area is 75.6 Å². The zero-order valence-electron chi connectivity index (χ0n) is 7.22. The molecule has 6 heteroatoms. The van der Waals surface area contributed by atoms with Crippen LogP contribution in [0, 0.1) is 0 Å². The number of hydrogen-bond donors (Lipinski definition) is 1. The van der Waals surface area contributed by atoms with Crippen molar-refractivity contribution in [1.82, 2.24) is 15.0 Å². The molecule has 0 radical (unpaired) electrons. The summed E-state index contributed by atoms with van der Waals surface area (Å²) < 4.78 is 10.6. The van der Waals surface area contributed by atoms with Crippen molar-refractivity contribution in [3.8, 4) is 0 Å². The van der Waals surface area contributed by atoms with Crippen molar-refractivity contribution in [2.24, 2.45) is 0 Å². The minimum atomic E-state index is 0.173. The Kier molecular flexibility index (Phi) is 2.42. The molecule has 1 aromatic heterocycles. The number of ether oxygens (including phenoxy) is 2. The number of anilines is 1. The fourth-order valence-electron chi connectivity index (χ4n) is 1.19. The van der Waals surface area contributed by atoms with Crippen molar-refractivity contribution in [3.63, 3.8) is 0 Å². The highest BCUT2D eigenvalue weighted by Crippen LogP contribution is 2.08. The molecule has 72 valence electrons. The van der Waals surface area contributed by atoms with Gasteiger partial charge in [-0.05, 0) is 6.42 Å². The maximum atomic E-state index is 5.46. The molecule has 1 aliphatic heterocycles. The smallest absolute Gasteiger partial charge is 0.166 e. The summed E-state index contributed by atoms with van der Waals surface area (Å²) >= 11 is 0. The fraction of sp³-hybridized carbons (Fsp3) is 0.714. The molecule has 0 spiro atoms. The lowest BCUT2D eigenvalue weighted by Crippen LogP contribution is -2.16. The van der Waals surface area contributed by atoms with Crippen molar-refractivity contribution in [2.75, 3.05) is 18.9 Å². The number of nitrogen functional groups attached to an aromatic ring is 1. The molecule has 1 aliphatic rings. The molecule has 2 heterocycles. The minimum absolute atomic E-state index is 0.173. The normalized spacial score (nSPS) is 22.3. The van der Waals surface area contributed by atoms with E-state index in [1.54, 1.807) is 0 Å². The second-order valence-electron chi connectivity index (χ2n) is 2.92. The van der Waals surface area contributed by atoms with Crippen LogP contribution in [0.15, 0.2) is 6.20 Å². The van der Waals surface area contributed by atoms with E-state index in [2.05, 4.69) is 10.2 Å². The zero-order chi connectivity index (χ0) is 9.10. The number of nitrogens with two attached hydrogens (primary N) is 1. The van der Waals surface area contributed by atoms with Gasteiger partial charge in [0.25, 0.3) is 0 Å². The summed E-state index contributed by atoms with van der Waals surface area (Å²) in [6, 6.07) is 0. The minimum Gasteiger partial charge on any atom is -0.381 e. The molecule has 1 fully saturated rings. The van der Waals surface area contributed by atoms with Crippen LogP contribution in [0.2, 0.25) is 0 Å². The van der Waals surface area contributed by atoms with Crippen LogP contribution in [-0.4, -0.2) is 34.3 Å². The van der Waals surface area contributed by atoms with Gasteiger partial charge in [0.05, 0.1) is 18.9 Å². The largest absolute Gasteiger partial charge is 0.381 e. The number of rotatable bonds is 3. The Morgan fingerprint density at radius 3 is 3.31 bits per heavy atom. The molecule has 6 nitrogen and oxygen atoms in total. The quantitative estimate of drug-likeness (QED) is 0.693. The van der Waals surface area contributed by atoms with Gasteiger partial charge in [-0.3, -0.25) is 0 Å². The zero-order valence-corrected chi connectivity index (χ0v) is 7.22. The summed E-state index contributed by atoms with van der Waals surface area (Å²) in [5.74, 6) is 0.409. The lowest BCUT2D eigenvalue weighted by Gasteiger charge is -2.07. The number of nitrogens with zero attached hydrogens (tertiary/aromatic N) is 3. The Hall–Kier alpha value is -1.14. The monoisotopic (exact) mass is 184 g/mol. The molecule has 13 heavy (non-hydrogen) atoms. The standard InChI is InChI=1S/C7H12N4O2/c8-7-3-9-11(10-7)5-13-6-1-2-12-4-6/h3,6H,1-2,4-5H2,(H2,8,10). The van der Waals surface area contributed by atoms with E-state index in [0.29, 0.717) is 19.2 Å². The summed E-state index contributed by atoms with van der Waals surface area (Å²) in [7, 11) is 0. The third kappa shape index (κ3) is 2.16. The molecule has 1 aromatic rings. The Morgan fingerprint density at radius 2 is 2.69 bits per heavy atom.